The summed E-state index contributed by atoms with van der Waals surface area (Å²) in [6.07, 6.45) is 6.89. The molecule has 0 radical (unpaired) electrons. The third-order valence-corrected chi connectivity index (χ3v) is 8.26. The Balaban J connectivity index is 1.42. The molecule has 0 saturated carbocycles. The molecule has 1 heterocycles. The summed E-state index contributed by atoms with van der Waals surface area (Å²) in [5.74, 6) is 0. The van der Waals surface area contributed by atoms with Gasteiger partial charge in [0, 0.05) is 17.3 Å². The van der Waals surface area contributed by atoms with Crippen molar-refractivity contribution in [3.05, 3.63) is 152 Å². The van der Waals surface area contributed by atoms with Gasteiger partial charge in [-0.25, -0.2) is 15.0 Å². The van der Waals surface area contributed by atoms with Crippen molar-refractivity contribution < 1.29 is 0 Å². The number of allylic oxidation sites excluding steroid dienone is 1. The standard InChI is InChI=1S/C41H30N4/c1-3-40(44-26-42-2)38-18-10-8-16-32(38)34-20-22-36(30-14-6-4-12-28(30)34)37-23-21-35(29-13-5-7-15-31(29)37)33-17-9-11-19-39(33)41-24-25-43-27-45-41/h3-27H,2H2,1H3/b40-3-,44-26-. The van der Waals surface area contributed by atoms with Crippen LogP contribution in [0.1, 0.15) is 12.5 Å². The Hall–Kier alpha value is -6.00. The molecule has 45 heavy (non-hydrogen) atoms. The van der Waals surface area contributed by atoms with Gasteiger partial charge in [0.05, 0.1) is 11.4 Å². The van der Waals surface area contributed by atoms with Crippen LogP contribution >= 0.6 is 0 Å². The fourth-order valence-corrected chi connectivity index (χ4v) is 6.27. The fraction of sp³-hybridized carbons (Fsp3) is 0.0244. The van der Waals surface area contributed by atoms with Crippen molar-refractivity contribution in [2.45, 2.75) is 6.92 Å². The summed E-state index contributed by atoms with van der Waals surface area (Å²) in [7, 11) is 0. The lowest BCUT2D eigenvalue weighted by Crippen LogP contribution is -1.93. The van der Waals surface area contributed by atoms with Crippen LogP contribution in [0.5, 0.6) is 0 Å². The highest BCUT2D eigenvalue weighted by atomic mass is 14.8. The van der Waals surface area contributed by atoms with Gasteiger partial charge < -0.3 is 0 Å². The van der Waals surface area contributed by atoms with Crippen molar-refractivity contribution in [3.63, 3.8) is 0 Å². The quantitative estimate of drug-likeness (QED) is 0.140. The minimum absolute atomic E-state index is 0.856. The lowest BCUT2D eigenvalue weighted by molar-refractivity contribution is 1.17. The highest BCUT2D eigenvalue weighted by Crippen LogP contribution is 2.43. The zero-order chi connectivity index (χ0) is 30.6. The van der Waals surface area contributed by atoms with Crippen LogP contribution < -0.4 is 0 Å². The SMILES string of the molecule is C=N/C=N\C(=C/C)c1ccccc1-c1ccc(-c2ccc(-c3ccccc3-c3ccncn3)c3ccccc23)c2ccccc12. The van der Waals surface area contributed by atoms with Crippen molar-refractivity contribution in [3.8, 4) is 44.6 Å². The minimum atomic E-state index is 0.856. The highest BCUT2D eigenvalue weighted by molar-refractivity contribution is 6.13. The third kappa shape index (κ3) is 5.13. The van der Waals surface area contributed by atoms with Gasteiger partial charge in [-0.3, -0.25) is 4.99 Å². The van der Waals surface area contributed by atoms with Gasteiger partial charge in [0.15, 0.2) is 0 Å². The molecule has 4 heteroatoms. The zero-order valence-corrected chi connectivity index (χ0v) is 24.9. The molecule has 0 aliphatic carbocycles. The minimum Gasteiger partial charge on any atom is -0.253 e. The Morgan fingerprint density at radius 1 is 0.556 bits per heavy atom. The average Bonchev–Trinajstić information content (AvgIpc) is 3.12. The van der Waals surface area contributed by atoms with Gasteiger partial charge in [-0.2, -0.15) is 0 Å². The number of benzene rings is 6. The second kappa shape index (κ2) is 12.3. The van der Waals surface area contributed by atoms with Crippen LogP contribution in [0.3, 0.4) is 0 Å². The smallest absolute Gasteiger partial charge is 0.116 e. The molecular weight excluding hydrogens is 548 g/mol. The van der Waals surface area contributed by atoms with Crippen LogP contribution in [-0.4, -0.2) is 23.0 Å². The molecule has 0 spiro atoms. The molecule has 0 aliphatic heterocycles. The van der Waals surface area contributed by atoms with E-state index in [9.17, 15) is 0 Å². The van der Waals surface area contributed by atoms with Gasteiger partial charge in [-0.15, -0.1) is 0 Å². The Labute approximate surface area is 262 Å². The number of nitrogens with zero attached hydrogens (tertiary/aromatic N) is 4. The number of aliphatic imine (C=N–C) groups is 2. The van der Waals surface area contributed by atoms with Crippen LogP contribution in [-0.2, 0) is 0 Å². The van der Waals surface area contributed by atoms with Gasteiger partial charge in [0.2, 0.25) is 0 Å². The van der Waals surface area contributed by atoms with Crippen LogP contribution in [0.25, 0.3) is 71.9 Å². The maximum absolute atomic E-state index is 4.56. The lowest BCUT2D eigenvalue weighted by Gasteiger charge is -2.18. The highest BCUT2D eigenvalue weighted by Gasteiger charge is 2.17. The number of aromatic nitrogens is 2. The van der Waals surface area contributed by atoms with Crippen molar-refractivity contribution in [1.29, 1.82) is 0 Å². The Morgan fingerprint density at radius 3 is 1.58 bits per heavy atom. The predicted molar refractivity (Wildman–Crippen MR) is 190 cm³/mol. The van der Waals surface area contributed by atoms with Crippen LogP contribution in [0.4, 0.5) is 0 Å². The summed E-state index contributed by atoms with van der Waals surface area (Å²) < 4.78 is 0. The Kier molecular flexibility index (Phi) is 7.61. The average molecular weight is 579 g/mol. The first-order valence-electron chi connectivity index (χ1n) is 14.9. The molecule has 214 valence electrons. The van der Waals surface area contributed by atoms with E-state index in [2.05, 4.69) is 142 Å². The van der Waals surface area contributed by atoms with Crippen molar-refractivity contribution in [2.24, 2.45) is 9.98 Å². The van der Waals surface area contributed by atoms with Crippen molar-refractivity contribution in [1.82, 2.24) is 9.97 Å². The largest absolute Gasteiger partial charge is 0.253 e. The van der Waals surface area contributed by atoms with E-state index in [-0.39, 0.29) is 0 Å². The van der Waals surface area contributed by atoms with Crippen molar-refractivity contribution in [2.75, 3.05) is 0 Å². The van der Waals surface area contributed by atoms with Crippen molar-refractivity contribution >= 4 is 40.3 Å². The molecule has 0 amide bonds. The first-order valence-corrected chi connectivity index (χ1v) is 14.9. The van der Waals surface area contributed by atoms with E-state index >= 15 is 0 Å². The number of hydrogen-bond acceptors (Lipinski definition) is 3. The molecule has 0 atom stereocenters. The molecule has 4 nitrogen and oxygen atoms in total. The van der Waals surface area contributed by atoms with E-state index in [4.69, 9.17) is 0 Å². The molecule has 1 aromatic heterocycles. The molecule has 0 unspecified atom stereocenters. The molecular formula is C41H30N4. The monoisotopic (exact) mass is 578 g/mol. The third-order valence-electron chi connectivity index (χ3n) is 8.26. The molecule has 0 aliphatic rings. The molecule has 0 saturated heterocycles. The Morgan fingerprint density at radius 2 is 1.04 bits per heavy atom. The van der Waals surface area contributed by atoms with Gasteiger partial charge in [-0.1, -0.05) is 127 Å². The second-order valence-electron chi connectivity index (χ2n) is 10.7. The molecule has 7 rings (SSSR count). The molecule has 0 N–H and O–H groups in total. The predicted octanol–water partition coefficient (Wildman–Crippen LogP) is 10.5. The van der Waals surface area contributed by atoms with Gasteiger partial charge in [-0.05, 0) is 74.6 Å². The van der Waals surface area contributed by atoms with Crippen LogP contribution in [0.2, 0.25) is 0 Å². The molecule has 0 fully saturated rings. The van der Waals surface area contributed by atoms with E-state index in [1.807, 2.05) is 25.1 Å². The summed E-state index contributed by atoms with van der Waals surface area (Å²) in [5, 5.41) is 4.78. The van der Waals surface area contributed by atoms with Gasteiger partial charge in [0.1, 0.15) is 12.7 Å². The zero-order valence-electron chi connectivity index (χ0n) is 24.9. The van der Waals surface area contributed by atoms with Crippen LogP contribution in [0, 0.1) is 0 Å². The Bertz CT molecular complexity index is 2250. The maximum atomic E-state index is 4.56. The van der Waals surface area contributed by atoms with Gasteiger partial charge in [0.25, 0.3) is 0 Å². The van der Waals surface area contributed by atoms with E-state index < -0.39 is 0 Å². The summed E-state index contributed by atoms with van der Waals surface area (Å²) >= 11 is 0. The van der Waals surface area contributed by atoms with E-state index in [1.54, 1.807) is 12.5 Å². The number of hydrogen-bond donors (Lipinski definition) is 0. The first-order chi connectivity index (χ1) is 22.3. The lowest BCUT2D eigenvalue weighted by atomic mass is 9.86. The molecule has 6 aromatic carbocycles. The van der Waals surface area contributed by atoms with Crippen LogP contribution in [0.15, 0.2) is 156 Å². The summed E-state index contributed by atoms with van der Waals surface area (Å²) in [6.45, 7) is 5.55. The molecule has 7 aromatic rings. The summed E-state index contributed by atoms with van der Waals surface area (Å²) in [6, 6.07) is 45.2. The number of fused-ring (bicyclic) bond motifs is 2. The maximum Gasteiger partial charge on any atom is 0.116 e. The molecule has 0 bridgehead atoms. The van der Waals surface area contributed by atoms with E-state index in [0.29, 0.717) is 0 Å². The number of rotatable bonds is 7. The summed E-state index contributed by atoms with van der Waals surface area (Å²) in [5.41, 5.74) is 10.9. The van der Waals surface area contributed by atoms with E-state index in [1.165, 1.54) is 44.6 Å². The van der Waals surface area contributed by atoms with Gasteiger partial charge >= 0.3 is 0 Å². The first kappa shape index (κ1) is 27.8. The fourth-order valence-electron chi connectivity index (χ4n) is 6.27. The van der Waals surface area contributed by atoms with E-state index in [0.717, 1.165) is 39.2 Å². The summed E-state index contributed by atoms with van der Waals surface area (Å²) in [4.78, 5) is 17.1. The normalized spacial score (nSPS) is 11.8. The second-order valence-corrected chi connectivity index (χ2v) is 10.7. The topological polar surface area (TPSA) is 50.5 Å².